The number of hydrogen-bond donors (Lipinski definition) is 1. The van der Waals surface area contributed by atoms with Gasteiger partial charge < -0.3 is 10.2 Å². The minimum Gasteiger partial charge on any atom is -0.340 e. The highest BCUT2D eigenvalue weighted by Crippen LogP contribution is 2.36. The molecule has 34 heavy (non-hydrogen) atoms. The molecule has 0 radical (unpaired) electrons. The second-order valence-electron chi connectivity index (χ2n) is 8.08. The van der Waals surface area contributed by atoms with E-state index >= 15 is 4.39 Å². The van der Waals surface area contributed by atoms with Crippen molar-refractivity contribution in [1.82, 2.24) is 5.32 Å². The summed E-state index contributed by atoms with van der Waals surface area (Å²) < 4.78 is 53.9. The molecule has 1 aliphatic heterocycles. The normalized spacial score (nSPS) is 16.4. The molecule has 1 heterocycles. The van der Waals surface area contributed by atoms with Gasteiger partial charge >= 0.3 is 0 Å². The maximum Gasteiger partial charge on any atom is 0.251 e. The van der Waals surface area contributed by atoms with Crippen molar-refractivity contribution < 1.29 is 26.8 Å². The SMILES string of the molecule is CS(=O)(=O)c1c(-c2ccccc2)ccc(N2CCCC(NC(=O)c3ccc(F)cc3)C2=O)c1F. The van der Waals surface area contributed by atoms with Gasteiger partial charge in [0.1, 0.15) is 16.8 Å². The molecule has 1 fully saturated rings. The van der Waals surface area contributed by atoms with Crippen LogP contribution in [0.25, 0.3) is 11.1 Å². The average molecular weight is 485 g/mol. The largest absolute Gasteiger partial charge is 0.340 e. The number of nitrogens with one attached hydrogen (secondary N) is 1. The molecule has 1 aliphatic rings. The molecule has 1 saturated heterocycles. The van der Waals surface area contributed by atoms with E-state index in [1.165, 1.54) is 24.3 Å². The lowest BCUT2D eigenvalue weighted by atomic mass is 10.0. The molecular weight excluding hydrogens is 462 g/mol. The zero-order valence-corrected chi connectivity index (χ0v) is 19.1. The standard InChI is InChI=1S/C25H22F2N2O4S/c1-34(32,33)23-19(16-6-3-2-4-7-16)13-14-21(22(23)27)29-15-5-8-20(25(29)31)28-24(30)17-9-11-18(26)12-10-17/h2-4,6-7,9-14,20H,5,8,15H2,1H3,(H,28,30). The van der Waals surface area contributed by atoms with E-state index in [2.05, 4.69) is 5.32 Å². The Balaban J connectivity index is 1.66. The highest BCUT2D eigenvalue weighted by molar-refractivity contribution is 7.90. The van der Waals surface area contributed by atoms with Gasteiger partial charge in [0.2, 0.25) is 5.91 Å². The van der Waals surface area contributed by atoms with Gasteiger partial charge in [-0.1, -0.05) is 36.4 Å². The molecule has 0 aromatic heterocycles. The van der Waals surface area contributed by atoms with Crippen LogP contribution in [0.3, 0.4) is 0 Å². The van der Waals surface area contributed by atoms with Gasteiger partial charge in [-0.2, -0.15) is 0 Å². The Labute approximate surface area is 196 Å². The Morgan fingerprint density at radius 1 is 1.00 bits per heavy atom. The van der Waals surface area contributed by atoms with Crippen LogP contribution < -0.4 is 10.2 Å². The lowest BCUT2D eigenvalue weighted by Crippen LogP contribution is -2.52. The van der Waals surface area contributed by atoms with Gasteiger partial charge in [-0.05, 0) is 48.7 Å². The van der Waals surface area contributed by atoms with Gasteiger partial charge in [0.15, 0.2) is 15.7 Å². The summed E-state index contributed by atoms with van der Waals surface area (Å²) in [4.78, 5) is 26.3. The van der Waals surface area contributed by atoms with Crippen LogP contribution in [-0.2, 0) is 14.6 Å². The Kier molecular flexibility index (Phi) is 6.47. The molecule has 1 atom stereocenters. The van der Waals surface area contributed by atoms with Crippen molar-refractivity contribution in [2.75, 3.05) is 17.7 Å². The highest BCUT2D eigenvalue weighted by Gasteiger charge is 2.34. The number of halogens is 2. The molecule has 1 N–H and O–H groups in total. The van der Waals surface area contributed by atoms with Crippen molar-refractivity contribution in [1.29, 1.82) is 0 Å². The molecule has 0 spiro atoms. The van der Waals surface area contributed by atoms with Gasteiger partial charge in [0.25, 0.3) is 5.91 Å². The van der Waals surface area contributed by atoms with E-state index in [0.717, 1.165) is 23.3 Å². The summed E-state index contributed by atoms with van der Waals surface area (Å²) in [5, 5.41) is 2.61. The second-order valence-corrected chi connectivity index (χ2v) is 10.0. The van der Waals surface area contributed by atoms with Crippen LogP contribution in [0, 0.1) is 11.6 Å². The lowest BCUT2D eigenvalue weighted by Gasteiger charge is -2.33. The van der Waals surface area contributed by atoms with Crippen LogP contribution in [0.1, 0.15) is 23.2 Å². The number of sulfone groups is 1. The van der Waals surface area contributed by atoms with E-state index in [-0.39, 0.29) is 23.4 Å². The van der Waals surface area contributed by atoms with E-state index in [1.54, 1.807) is 30.3 Å². The number of piperidine rings is 1. The fourth-order valence-corrected chi connectivity index (χ4v) is 5.07. The molecule has 4 rings (SSSR count). The molecule has 6 nitrogen and oxygen atoms in total. The predicted octanol–water partition coefficient (Wildman–Crippen LogP) is 3.96. The van der Waals surface area contributed by atoms with Crippen molar-refractivity contribution in [2.24, 2.45) is 0 Å². The van der Waals surface area contributed by atoms with E-state index in [0.29, 0.717) is 18.4 Å². The fourth-order valence-electron chi connectivity index (χ4n) is 4.05. The van der Waals surface area contributed by atoms with Crippen LogP contribution in [0.5, 0.6) is 0 Å². The highest BCUT2D eigenvalue weighted by atomic mass is 32.2. The van der Waals surface area contributed by atoms with E-state index in [1.807, 2.05) is 0 Å². The first-order valence-electron chi connectivity index (χ1n) is 10.6. The first kappa shape index (κ1) is 23.6. The monoisotopic (exact) mass is 484 g/mol. The van der Waals surface area contributed by atoms with E-state index in [9.17, 15) is 22.4 Å². The topological polar surface area (TPSA) is 83.6 Å². The van der Waals surface area contributed by atoms with Crippen LogP contribution in [0.2, 0.25) is 0 Å². The first-order valence-corrected chi connectivity index (χ1v) is 12.5. The zero-order chi connectivity index (χ0) is 24.5. The Morgan fingerprint density at radius 2 is 1.68 bits per heavy atom. The summed E-state index contributed by atoms with van der Waals surface area (Å²) in [6.07, 6.45) is 1.73. The van der Waals surface area contributed by atoms with Crippen LogP contribution in [0.15, 0.2) is 71.6 Å². The lowest BCUT2D eigenvalue weighted by molar-refractivity contribution is -0.121. The average Bonchev–Trinajstić information content (AvgIpc) is 2.80. The summed E-state index contributed by atoms with van der Waals surface area (Å²) in [6.45, 7) is 0.173. The van der Waals surface area contributed by atoms with Gasteiger partial charge in [-0.15, -0.1) is 0 Å². The van der Waals surface area contributed by atoms with Crippen LogP contribution in [0.4, 0.5) is 14.5 Å². The fraction of sp³-hybridized carbons (Fsp3) is 0.200. The van der Waals surface area contributed by atoms with Gasteiger partial charge in [-0.3, -0.25) is 9.59 Å². The summed E-state index contributed by atoms with van der Waals surface area (Å²) in [7, 11) is -3.98. The smallest absolute Gasteiger partial charge is 0.251 e. The number of anilines is 1. The van der Waals surface area contributed by atoms with Crippen molar-refractivity contribution >= 4 is 27.3 Å². The summed E-state index contributed by atoms with van der Waals surface area (Å²) in [5.41, 5.74) is 0.757. The molecule has 0 aliphatic carbocycles. The summed E-state index contributed by atoms with van der Waals surface area (Å²) in [5.74, 6) is -2.61. The maximum absolute atomic E-state index is 15.7. The number of carbonyl (C=O) groups excluding carboxylic acids is 2. The van der Waals surface area contributed by atoms with Gasteiger partial charge in [0, 0.05) is 23.9 Å². The van der Waals surface area contributed by atoms with Gasteiger partial charge in [0.05, 0.1) is 5.69 Å². The number of benzene rings is 3. The summed E-state index contributed by atoms with van der Waals surface area (Å²) >= 11 is 0. The number of carbonyl (C=O) groups is 2. The molecule has 2 amide bonds. The third-order valence-electron chi connectivity index (χ3n) is 5.67. The van der Waals surface area contributed by atoms with Crippen molar-refractivity contribution in [3.8, 4) is 11.1 Å². The second kappa shape index (κ2) is 9.34. The number of amides is 2. The van der Waals surface area contributed by atoms with E-state index in [4.69, 9.17) is 0 Å². The molecule has 9 heteroatoms. The van der Waals surface area contributed by atoms with E-state index < -0.39 is 44.2 Å². The molecule has 0 bridgehead atoms. The number of hydrogen-bond acceptors (Lipinski definition) is 4. The Bertz CT molecular complexity index is 1340. The van der Waals surface area contributed by atoms with Crippen molar-refractivity contribution in [3.63, 3.8) is 0 Å². The van der Waals surface area contributed by atoms with Crippen LogP contribution >= 0.6 is 0 Å². The molecule has 3 aromatic carbocycles. The van der Waals surface area contributed by atoms with Crippen molar-refractivity contribution in [3.05, 3.63) is 83.9 Å². The zero-order valence-electron chi connectivity index (χ0n) is 18.3. The first-order chi connectivity index (χ1) is 16.2. The Hall–Kier alpha value is -3.59. The van der Waals surface area contributed by atoms with Gasteiger partial charge in [-0.25, -0.2) is 17.2 Å². The maximum atomic E-state index is 15.7. The molecule has 3 aromatic rings. The molecule has 176 valence electrons. The minimum atomic E-state index is -3.98. The van der Waals surface area contributed by atoms with Crippen molar-refractivity contribution in [2.45, 2.75) is 23.8 Å². The summed E-state index contributed by atoms with van der Waals surface area (Å²) in [6, 6.07) is 15.4. The Morgan fingerprint density at radius 3 is 2.32 bits per heavy atom. The third-order valence-corrected chi connectivity index (χ3v) is 6.81. The predicted molar refractivity (Wildman–Crippen MR) is 124 cm³/mol. The third kappa shape index (κ3) is 4.70. The number of nitrogens with zero attached hydrogens (tertiary/aromatic N) is 1. The van der Waals surface area contributed by atoms with Crippen LogP contribution in [-0.4, -0.2) is 39.1 Å². The molecule has 0 saturated carbocycles. The molecular formula is C25H22F2N2O4S. The number of rotatable bonds is 5. The minimum absolute atomic E-state index is 0.161. The quantitative estimate of drug-likeness (QED) is 0.594. The molecule has 1 unspecified atom stereocenters.